The van der Waals surface area contributed by atoms with Gasteiger partial charge in [0.05, 0.1) is 5.56 Å². The van der Waals surface area contributed by atoms with E-state index >= 15 is 0 Å². The normalized spacial score (nSPS) is 15.0. The second-order valence-electron chi connectivity index (χ2n) is 6.18. The second kappa shape index (κ2) is 7.39. The van der Waals surface area contributed by atoms with Gasteiger partial charge in [0.1, 0.15) is 11.6 Å². The summed E-state index contributed by atoms with van der Waals surface area (Å²) in [6, 6.07) is 11.0. The summed E-state index contributed by atoms with van der Waals surface area (Å²) in [6.45, 7) is 0. The lowest BCUT2D eigenvalue weighted by atomic mass is 9.83. The Labute approximate surface area is 141 Å². The zero-order valence-electron chi connectivity index (χ0n) is 13.4. The molecule has 0 aliphatic heterocycles. The van der Waals surface area contributed by atoms with Crippen molar-refractivity contribution < 1.29 is 13.9 Å². The van der Waals surface area contributed by atoms with E-state index in [0.29, 0.717) is 17.2 Å². The lowest BCUT2D eigenvalue weighted by Crippen LogP contribution is -2.11. The summed E-state index contributed by atoms with van der Waals surface area (Å²) in [5, 5.41) is 7.60. The van der Waals surface area contributed by atoms with Gasteiger partial charge in [0, 0.05) is 11.8 Å². The molecule has 0 saturated heterocycles. The lowest BCUT2D eigenvalue weighted by Gasteiger charge is -2.22. The van der Waals surface area contributed by atoms with Crippen molar-refractivity contribution in [1.82, 2.24) is 0 Å². The number of carbonyl (C=O) groups excluding carboxylic acids is 1. The number of halogens is 1. The summed E-state index contributed by atoms with van der Waals surface area (Å²) in [5.41, 5.74) is 1.92. The van der Waals surface area contributed by atoms with Crippen LogP contribution < -0.4 is 4.74 Å². The molecule has 0 heterocycles. The molecule has 0 aromatic heterocycles. The van der Waals surface area contributed by atoms with Gasteiger partial charge in [-0.2, -0.15) is 0 Å². The zero-order valence-corrected chi connectivity index (χ0v) is 13.4. The maximum atomic E-state index is 13.2. The van der Waals surface area contributed by atoms with Crippen molar-refractivity contribution in [2.24, 2.45) is 0 Å². The summed E-state index contributed by atoms with van der Waals surface area (Å²) >= 11 is 0. The molecule has 3 nitrogen and oxygen atoms in total. The number of rotatable bonds is 4. The molecule has 1 saturated carbocycles. The predicted molar refractivity (Wildman–Crippen MR) is 91.5 cm³/mol. The number of nitrogens with one attached hydrogen (secondary N) is 1. The number of ether oxygens (including phenoxy) is 1. The highest BCUT2D eigenvalue weighted by atomic mass is 19.1. The fourth-order valence-corrected chi connectivity index (χ4v) is 3.24. The van der Waals surface area contributed by atoms with E-state index in [9.17, 15) is 9.18 Å². The highest BCUT2D eigenvalue weighted by molar-refractivity contribution is 5.92. The molecule has 0 atom stereocenters. The van der Waals surface area contributed by atoms with Crippen molar-refractivity contribution in [1.29, 1.82) is 5.41 Å². The molecule has 0 spiro atoms. The molecule has 24 heavy (non-hydrogen) atoms. The van der Waals surface area contributed by atoms with Gasteiger partial charge < -0.3 is 10.1 Å². The summed E-state index contributed by atoms with van der Waals surface area (Å²) in [7, 11) is 0. The Bertz CT molecular complexity index is 751. The molecule has 1 aliphatic carbocycles. The lowest BCUT2D eigenvalue weighted by molar-refractivity contribution is 0.0734. The molecule has 3 rings (SSSR count). The van der Waals surface area contributed by atoms with Crippen LogP contribution in [0.15, 0.2) is 42.5 Å². The smallest absolute Gasteiger partial charge is 0.343 e. The van der Waals surface area contributed by atoms with Crippen LogP contribution in [0.3, 0.4) is 0 Å². The van der Waals surface area contributed by atoms with E-state index in [1.165, 1.54) is 62.1 Å². The Hall–Kier alpha value is -2.49. The Morgan fingerprint density at radius 3 is 2.62 bits per heavy atom. The van der Waals surface area contributed by atoms with Gasteiger partial charge in [-0.3, -0.25) is 0 Å². The molecule has 1 aliphatic rings. The topological polar surface area (TPSA) is 50.1 Å². The molecule has 124 valence electrons. The van der Waals surface area contributed by atoms with Gasteiger partial charge >= 0.3 is 5.97 Å². The predicted octanol–water partition coefficient (Wildman–Crippen LogP) is 5.09. The van der Waals surface area contributed by atoms with Gasteiger partial charge in [-0.15, -0.1) is 0 Å². The van der Waals surface area contributed by atoms with Gasteiger partial charge in [0.2, 0.25) is 0 Å². The first-order valence-corrected chi connectivity index (χ1v) is 8.29. The van der Waals surface area contributed by atoms with Crippen molar-refractivity contribution in [2.45, 2.75) is 38.0 Å². The van der Waals surface area contributed by atoms with Gasteiger partial charge in [-0.25, -0.2) is 9.18 Å². The highest BCUT2D eigenvalue weighted by Crippen LogP contribution is 2.34. The van der Waals surface area contributed by atoms with E-state index in [2.05, 4.69) is 0 Å². The van der Waals surface area contributed by atoms with Crippen molar-refractivity contribution in [3.63, 3.8) is 0 Å². The minimum atomic E-state index is -0.622. The molecule has 2 aromatic carbocycles. The number of hydrogen-bond donors (Lipinski definition) is 1. The maximum absolute atomic E-state index is 13.2. The zero-order chi connectivity index (χ0) is 16.9. The van der Waals surface area contributed by atoms with Crippen LogP contribution in [-0.2, 0) is 0 Å². The maximum Gasteiger partial charge on any atom is 0.343 e. The number of carbonyl (C=O) groups is 1. The molecule has 0 radical (unpaired) electrons. The molecule has 0 unspecified atom stereocenters. The van der Waals surface area contributed by atoms with Gasteiger partial charge in [0.15, 0.2) is 0 Å². The van der Waals surface area contributed by atoms with E-state index < -0.39 is 11.8 Å². The minimum absolute atomic E-state index is 0.155. The molecule has 1 fully saturated rings. The third kappa shape index (κ3) is 3.70. The number of benzene rings is 2. The average molecular weight is 325 g/mol. The molecular weight excluding hydrogens is 305 g/mol. The monoisotopic (exact) mass is 325 g/mol. The van der Waals surface area contributed by atoms with Crippen molar-refractivity contribution in [3.8, 4) is 5.75 Å². The van der Waals surface area contributed by atoms with E-state index in [1.807, 2.05) is 12.1 Å². The number of hydrogen-bond acceptors (Lipinski definition) is 3. The highest BCUT2D eigenvalue weighted by Gasteiger charge is 2.18. The van der Waals surface area contributed by atoms with Crippen LogP contribution in [0.2, 0.25) is 0 Å². The average Bonchev–Trinajstić information content (AvgIpc) is 2.62. The standard InChI is InChI=1S/C20H20FNO2/c21-18-8-4-7-16(12-18)20(23)24-19-10-9-15(11-17(19)13-22)14-5-2-1-3-6-14/h4,7-14,22H,1-3,5-6H2. The summed E-state index contributed by atoms with van der Waals surface area (Å²) in [6.07, 6.45) is 7.29. The quantitative estimate of drug-likeness (QED) is 0.483. The Morgan fingerprint density at radius 1 is 1.12 bits per heavy atom. The van der Waals surface area contributed by atoms with Crippen molar-refractivity contribution in [2.75, 3.05) is 0 Å². The van der Waals surface area contributed by atoms with Crippen molar-refractivity contribution >= 4 is 12.2 Å². The second-order valence-corrected chi connectivity index (χ2v) is 6.18. The summed E-state index contributed by atoms with van der Waals surface area (Å²) in [4.78, 5) is 12.2. The van der Waals surface area contributed by atoms with Crippen LogP contribution in [0.1, 0.15) is 59.5 Å². The molecule has 0 amide bonds. The van der Waals surface area contributed by atoms with E-state index in [0.717, 1.165) is 6.07 Å². The Morgan fingerprint density at radius 2 is 1.92 bits per heavy atom. The molecule has 1 N–H and O–H groups in total. The van der Waals surface area contributed by atoms with E-state index in [-0.39, 0.29) is 5.56 Å². The summed E-state index contributed by atoms with van der Waals surface area (Å²) in [5.74, 6) is -0.253. The van der Waals surface area contributed by atoms with Crippen LogP contribution in [-0.4, -0.2) is 12.2 Å². The molecule has 4 heteroatoms. The molecule has 2 aromatic rings. The van der Waals surface area contributed by atoms with Crippen LogP contribution in [0.25, 0.3) is 0 Å². The van der Waals surface area contributed by atoms with E-state index in [1.54, 1.807) is 6.07 Å². The number of esters is 1. The largest absolute Gasteiger partial charge is 0.422 e. The fraction of sp³-hybridized carbons (Fsp3) is 0.300. The molecule has 0 bridgehead atoms. The third-order valence-electron chi connectivity index (χ3n) is 4.53. The SMILES string of the molecule is N=Cc1cc(C2CCCCC2)ccc1OC(=O)c1cccc(F)c1. The van der Waals surface area contributed by atoms with Crippen LogP contribution in [0, 0.1) is 11.2 Å². The fourth-order valence-electron chi connectivity index (χ4n) is 3.24. The van der Waals surface area contributed by atoms with Gasteiger partial charge in [-0.05, 0) is 54.7 Å². The third-order valence-corrected chi connectivity index (χ3v) is 4.53. The van der Waals surface area contributed by atoms with Gasteiger partial charge in [-0.1, -0.05) is 31.4 Å². The van der Waals surface area contributed by atoms with Crippen LogP contribution in [0.4, 0.5) is 4.39 Å². The first kappa shape index (κ1) is 16.4. The molecular formula is C20H20FNO2. The van der Waals surface area contributed by atoms with E-state index in [4.69, 9.17) is 10.1 Å². The van der Waals surface area contributed by atoms with Gasteiger partial charge in [0.25, 0.3) is 0 Å². The first-order chi connectivity index (χ1) is 11.7. The first-order valence-electron chi connectivity index (χ1n) is 8.29. The van der Waals surface area contributed by atoms with Crippen LogP contribution in [0.5, 0.6) is 5.75 Å². The summed E-state index contributed by atoms with van der Waals surface area (Å²) < 4.78 is 18.6. The Balaban J connectivity index is 1.80. The van der Waals surface area contributed by atoms with Crippen molar-refractivity contribution in [3.05, 3.63) is 65.0 Å². The Kier molecular flexibility index (Phi) is 5.04. The minimum Gasteiger partial charge on any atom is -0.422 e. The van der Waals surface area contributed by atoms with Crippen LogP contribution >= 0.6 is 0 Å².